The van der Waals surface area contributed by atoms with Gasteiger partial charge >= 0.3 is 6.18 Å². The summed E-state index contributed by atoms with van der Waals surface area (Å²) in [5.74, 6) is -0.360. The summed E-state index contributed by atoms with van der Waals surface area (Å²) in [5.41, 5.74) is -0.0140. The molecule has 2 aromatic heterocycles. The fraction of sp³-hybridized carbons (Fsp3) is 0.423. The van der Waals surface area contributed by atoms with E-state index in [4.69, 9.17) is 9.25 Å². The molecule has 2 aliphatic heterocycles. The molecule has 1 N–H and O–H groups in total. The topological polar surface area (TPSA) is 87.0 Å². The lowest BCUT2D eigenvalue weighted by Crippen LogP contribution is -2.48. The number of amides is 1. The summed E-state index contributed by atoms with van der Waals surface area (Å²) < 4.78 is 46.1. The minimum atomic E-state index is -4.82. The number of carbonyl (C=O) groups excluding carboxylic acids is 1. The van der Waals surface area contributed by atoms with Crippen molar-refractivity contribution in [3.8, 4) is 5.75 Å². The molecule has 0 atom stereocenters. The monoisotopic (exact) mass is 530 g/mol. The minimum absolute atomic E-state index is 0.179. The second-order valence-electron chi connectivity index (χ2n) is 9.35. The Morgan fingerprint density at radius 3 is 2.37 bits per heavy atom. The molecule has 2 aliphatic rings. The number of benzene rings is 1. The molecule has 0 bridgehead atoms. The minimum Gasteiger partial charge on any atom is -0.417 e. The number of aromatic nitrogens is 2. The zero-order valence-electron chi connectivity index (χ0n) is 21.0. The highest BCUT2D eigenvalue weighted by molar-refractivity contribution is 6.03. The number of oxazole rings is 1. The Morgan fingerprint density at radius 1 is 0.974 bits per heavy atom. The number of pyridine rings is 1. The van der Waals surface area contributed by atoms with E-state index in [0.29, 0.717) is 45.1 Å². The van der Waals surface area contributed by atoms with Gasteiger partial charge in [-0.25, -0.2) is 4.98 Å². The van der Waals surface area contributed by atoms with E-state index in [9.17, 15) is 18.0 Å². The number of para-hydroxylation sites is 1. The molecule has 1 amide bonds. The molecule has 5 rings (SSSR count). The van der Waals surface area contributed by atoms with Crippen LogP contribution in [0, 0.1) is 6.92 Å². The summed E-state index contributed by atoms with van der Waals surface area (Å²) in [6.45, 7) is 5.76. The number of piperazine rings is 1. The molecule has 2 saturated heterocycles. The highest BCUT2D eigenvalue weighted by Crippen LogP contribution is 2.35. The second-order valence-corrected chi connectivity index (χ2v) is 9.35. The number of alkyl halides is 3. The summed E-state index contributed by atoms with van der Waals surface area (Å²) in [5, 5.41) is 4.36. The van der Waals surface area contributed by atoms with Gasteiger partial charge in [0.05, 0.1) is 25.0 Å². The number of carbonyl (C=O) groups is 1. The van der Waals surface area contributed by atoms with Gasteiger partial charge in [-0.05, 0) is 49.9 Å². The molecule has 2 fully saturated rings. The van der Waals surface area contributed by atoms with Crippen molar-refractivity contribution in [1.82, 2.24) is 15.0 Å². The highest BCUT2D eigenvalue weighted by atomic mass is 19.4. The van der Waals surface area contributed by atoms with E-state index in [-0.39, 0.29) is 11.7 Å². The van der Waals surface area contributed by atoms with E-state index in [1.807, 2.05) is 36.3 Å². The first kappa shape index (κ1) is 25.8. The van der Waals surface area contributed by atoms with Crippen molar-refractivity contribution >= 4 is 23.4 Å². The first-order valence-electron chi connectivity index (χ1n) is 12.6. The Bertz CT molecular complexity index is 1250. The number of aryl methyl sites for hydroxylation is 1. The van der Waals surface area contributed by atoms with E-state index in [0.717, 1.165) is 30.6 Å². The first-order valence-corrected chi connectivity index (χ1v) is 12.6. The lowest BCUT2D eigenvalue weighted by molar-refractivity contribution is -0.141. The van der Waals surface area contributed by atoms with Gasteiger partial charge in [-0.1, -0.05) is 18.2 Å². The average Bonchev–Trinajstić information content (AvgIpc) is 3.38. The largest absolute Gasteiger partial charge is 0.437 e. The van der Waals surface area contributed by atoms with Crippen LogP contribution in [0.5, 0.6) is 5.75 Å². The maximum atomic E-state index is 13.6. The van der Waals surface area contributed by atoms with Crippen molar-refractivity contribution in [1.29, 1.82) is 0 Å². The van der Waals surface area contributed by atoms with Crippen molar-refractivity contribution < 1.29 is 27.2 Å². The van der Waals surface area contributed by atoms with Crippen molar-refractivity contribution in [2.75, 3.05) is 54.4 Å². The standard InChI is InChI=1S/C26H29F3N6O3/c1-18-7-3-4-8-20(18)38-35-15-13-33(14-16-35)21-10-9-19(17-30-21)31-24(36)22-23(26(27,28)29)32-25(37-22)34-11-5-2-6-12-34/h3-4,7-10,17H,2,5-6,11-16H2,1H3,(H,31,36). The van der Waals surface area contributed by atoms with Gasteiger partial charge in [-0.2, -0.15) is 18.2 Å². The van der Waals surface area contributed by atoms with E-state index in [1.54, 1.807) is 17.0 Å². The van der Waals surface area contributed by atoms with Crippen LogP contribution in [0.3, 0.4) is 0 Å². The molecule has 9 nitrogen and oxygen atoms in total. The van der Waals surface area contributed by atoms with Gasteiger partial charge in [-0.15, -0.1) is 5.06 Å². The summed E-state index contributed by atoms with van der Waals surface area (Å²) in [6, 6.07) is 11.0. The predicted octanol–water partition coefficient (Wildman–Crippen LogP) is 4.76. The third kappa shape index (κ3) is 5.85. The van der Waals surface area contributed by atoms with Crippen molar-refractivity contribution in [2.45, 2.75) is 32.4 Å². The zero-order chi connectivity index (χ0) is 26.7. The van der Waals surface area contributed by atoms with Crippen molar-refractivity contribution in [3.63, 3.8) is 0 Å². The van der Waals surface area contributed by atoms with Crippen LogP contribution in [-0.2, 0) is 6.18 Å². The number of hydroxylamine groups is 2. The molecule has 0 unspecified atom stereocenters. The fourth-order valence-electron chi connectivity index (χ4n) is 4.52. The predicted molar refractivity (Wildman–Crippen MR) is 135 cm³/mol. The van der Waals surface area contributed by atoms with E-state index in [2.05, 4.69) is 20.2 Å². The summed E-state index contributed by atoms with van der Waals surface area (Å²) in [7, 11) is 0. The number of nitrogens with zero attached hydrogens (tertiary/aromatic N) is 5. The molecule has 3 aromatic rings. The maximum absolute atomic E-state index is 13.6. The molecule has 0 spiro atoms. The normalized spacial score (nSPS) is 16.9. The van der Waals surface area contributed by atoms with E-state index < -0.39 is 23.5 Å². The first-order chi connectivity index (χ1) is 18.3. The molecule has 202 valence electrons. The highest BCUT2D eigenvalue weighted by Gasteiger charge is 2.42. The van der Waals surface area contributed by atoms with E-state index in [1.165, 1.54) is 6.20 Å². The average molecular weight is 531 g/mol. The van der Waals surface area contributed by atoms with Crippen LogP contribution in [0.2, 0.25) is 0 Å². The van der Waals surface area contributed by atoms with Gasteiger partial charge in [0.1, 0.15) is 11.6 Å². The summed E-state index contributed by atoms with van der Waals surface area (Å²) in [6.07, 6.45) is -0.747. The van der Waals surface area contributed by atoms with Crippen LogP contribution >= 0.6 is 0 Å². The van der Waals surface area contributed by atoms with E-state index >= 15 is 0 Å². The van der Waals surface area contributed by atoms with Gasteiger partial charge in [-0.3, -0.25) is 4.79 Å². The molecule has 4 heterocycles. The number of piperidine rings is 1. The third-order valence-corrected chi connectivity index (χ3v) is 6.61. The summed E-state index contributed by atoms with van der Waals surface area (Å²) >= 11 is 0. The van der Waals surface area contributed by atoms with Gasteiger partial charge < -0.3 is 24.4 Å². The number of nitrogens with one attached hydrogen (secondary N) is 1. The van der Waals surface area contributed by atoms with Gasteiger partial charge in [0.2, 0.25) is 5.76 Å². The number of halogens is 3. The third-order valence-electron chi connectivity index (χ3n) is 6.61. The van der Waals surface area contributed by atoms with Crippen molar-refractivity contribution in [2.24, 2.45) is 0 Å². The fourth-order valence-corrected chi connectivity index (χ4v) is 4.52. The van der Waals surface area contributed by atoms with Crippen LogP contribution in [-0.4, -0.2) is 60.2 Å². The molecular weight excluding hydrogens is 501 g/mol. The molecule has 0 saturated carbocycles. The van der Waals surface area contributed by atoms with Crippen LogP contribution in [0.1, 0.15) is 41.1 Å². The molecule has 38 heavy (non-hydrogen) atoms. The van der Waals surface area contributed by atoms with Crippen LogP contribution in [0.25, 0.3) is 0 Å². The molecule has 1 aromatic carbocycles. The SMILES string of the molecule is Cc1ccccc1ON1CCN(c2ccc(NC(=O)c3oc(N4CCCCC4)nc3C(F)(F)F)cn2)CC1. The number of rotatable bonds is 6. The van der Waals surface area contributed by atoms with Crippen molar-refractivity contribution in [3.05, 3.63) is 59.6 Å². The molecular formula is C26H29F3N6O3. The van der Waals surface area contributed by atoms with Gasteiger partial charge in [0.25, 0.3) is 11.9 Å². The Hall–Kier alpha value is -3.80. The number of hydrogen-bond donors (Lipinski definition) is 1. The van der Waals surface area contributed by atoms with Crippen LogP contribution in [0.4, 0.5) is 30.7 Å². The lowest BCUT2D eigenvalue weighted by atomic mass is 10.1. The second kappa shape index (κ2) is 10.9. The Labute approximate surface area is 218 Å². The molecule has 12 heteroatoms. The quantitative estimate of drug-likeness (QED) is 0.489. The lowest BCUT2D eigenvalue weighted by Gasteiger charge is -2.34. The number of anilines is 3. The van der Waals surface area contributed by atoms with Gasteiger partial charge in [0.15, 0.2) is 5.69 Å². The molecule has 0 aliphatic carbocycles. The van der Waals surface area contributed by atoms with Crippen LogP contribution < -0.4 is 20.0 Å². The Kier molecular flexibility index (Phi) is 7.41. The molecule has 0 radical (unpaired) electrons. The number of hydrogen-bond acceptors (Lipinski definition) is 8. The Balaban J connectivity index is 1.21. The summed E-state index contributed by atoms with van der Waals surface area (Å²) in [4.78, 5) is 30.5. The Morgan fingerprint density at radius 2 is 1.71 bits per heavy atom. The maximum Gasteiger partial charge on any atom is 0.437 e. The van der Waals surface area contributed by atoms with Crippen LogP contribution in [0.15, 0.2) is 47.0 Å². The smallest absolute Gasteiger partial charge is 0.417 e. The van der Waals surface area contributed by atoms with Gasteiger partial charge in [0, 0.05) is 26.2 Å². The zero-order valence-corrected chi connectivity index (χ0v) is 21.0.